The number of nitrogens with one attached hydrogen (secondary N) is 1. The van der Waals surface area contributed by atoms with E-state index < -0.39 is 5.97 Å². The zero-order valence-corrected chi connectivity index (χ0v) is 18.7. The minimum atomic E-state index is -0.409. The molecule has 1 N–H and O–H groups in total. The Morgan fingerprint density at radius 1 is 1.14 bits per heavy atom. The number of esters is 1. The van der Waals surface area contributed by atoms with Crippen molar-refractivity contribution in [1.82, 2.24) is 9.97 Å². The van der Waals surface area contributed by atoms with Gasteiger partial charge >= 0.3 is 5.97 Å². The third kappa shape index (κ3) is 5.79. The van der Waals surface area contributed by atoms with Crippen molar-refractivity contribution in [2.75, 3.05) is 25.8 Å². The number of nitrogens with zero attached hydrogens (tertiary/aromatic N) is 2. The molecule has 3 rings (SSSR count). The third-order valence-electron chi connectivity index (χ3n) is 4.88. The Hall–Kier alpha value is -1.93. The summed E-state index contributed by atoms with van der Waals surface area (Å²) in [5.41, 5.74) is 1.49. The third-order valence-corrected chi connectivity index (χ3v) is 6.75. The lowest BCUT2D eigenvalue weighted by atomic mass is 10.0. The molecule has 1 fully saturated rings. The molecule has 0 unspecified atom stereocenters. The highest BCUT2D eigenvalue weighted by molar-refractivity contribution is 8.00. The summed E-state index contributed by atoms with van der Waals surface area (Å²) in [6, 6.07) is 7.79. The van der Waals surface area contributed by atoms with Gasteiger partial charge in [0.15, 0.2) is 5.16 Å². The summed E-state index contributed by atoms with van der Waals surface area (Å²) in [6.07, 6.45) is 7.99. The molecule has 1 heterocycles. The predicted molar refractivity (Wildman–Crippen MR) is 118 cm³/mol. The number of ether oxygens (including phenoxy) is 2. The van der Waals surface area contributed by atoms with Crippen molar-refractivity contribution in [2.24, 2.45) is 0 Å². The molecule has 2 aromatic rings. The molecular weight excluding hydrogens is 406 g/mol. The second kappa shape index (κ2) is 10.7. The van der Waals surface area contributed by atoms with Crippen LogP contribution in [0.4, 0.5) is 5.82 Å². The number of carbonyl (C=O) groups is 1. The van der Waals surface area contributed by atoms with Gasteiger partial charge in [-0.15, -0.1) is 11.8 Å². The molecule has 1 aliphatic rings. The SMILES string of the molecule is COC(=O)c1c(NCc2ccc(OC)cc2)nc(SC)nc1SC1CCCCC1. The van der Waals surface area contributed by atoms with Crippen molar-refractivity contribution in [3.8, 4) is 5.75 Å². The molecule has 0 radical (unpaired) electrons. The minimum absolute atomic E-state index is 0.409. The Kier molecular flexibility index (Phi) is 8.06. The molecule has 0 amide bonds. The molecule has 8 heteroatoms. The van der Waals surface area contributed by atoms with Gasteiger partial charge in [-0.1, -0.05) is 43.2 Å². The van der Waals surface area contributed by atoms with Crippen LogP contribution in [-0.4, -0.2) is 41.7 Å². The summed E-state index contributed by atoms with van der Waals surface area (Å²) in [5, 5.41) is 5.15. The molecule has 1 aromatic carbocycles. The van der Waals surface area contributed by atoms with Crippen LogP contribution in [0.3, 0.4) is 0 Å². The second-order valence-corrected chi connectivity index (χ2v) is 8.87. The zero-order valence-electron chi connectivity index (χ0n) is 17.1. The largest absolute Gasteiger partial charge is 0.497 e. The fraction of sp³-hybridized carbons (Fsp3) is 0.476. The zero-order chi connectivity index (χ0) is 20.6. The lowest BCUT2D eigenvalue weighted by Gasteiger charge is -2.22. The quantitative estimate of drug-likeness (QED) is 0.269. The van der Waals surface area contributed by atoms with E-state index in [0.29, 0.717) is 33.4 Å². The number of methoxy groups -OCH3 is 2. The summed E-state index contributed by atoms with van der Waals surface area (Å²) in [7, 11) is 3.04. The van der Waals surface area contributed by atoms with E-state index in [9.17, 15) is 4.79 Å². The molecule has 29 heavy (non-hydrogen) atoms. The molecule has 1 saturated carbocycles. The van der Waals surface area contributed by atoms with Crippen LogP contribution in [0.2, 0.25) is 0 Å². The van der Waals surface area contributed by atoms with Crippen LogP contribution >= 0.6 is 23.5 Å². The molecule has 0 bridgehead atoms. The van der Waals surface area contributed by atoms with Crippen LogP contribution in [0.25, 0.3) is 0 Å². The molecule has 0 saturated heterocycles. The number of hydrogen-bond donors (Lipinski definition) is 1. The van der Waals surface area contributed by atoms with E-state index in [0.717, 1.165) is 24.2 Å². The van der Waals surface area contributed by atoms with Gasteiger partial charge in [0, 0.05) is 11.8 Å². The number of benzene rings is 1. The maximum Gasteiger partial charge on any atom is 0.344 e. The van der Waals surface area contributed by atoms with Gasteiger partial charge in [0.05, 0.1) is 14.2 Å². The van der Waals surface area contributed by atoms with E-state index in [-0.39, 0.29) is 0 Å². The first-order valence-electron chi connectivity index (χ1n) is 9.72. The molecule has 0 spiro atoms. The monoisotopic (exact) mass is 433 g/mol. The maximum atomic E-state index is 12.6. The lowest BCUT2D eigenvalue weighted by Crippen LogP contribution is -2.16. The highest BCUT2D eigenvalue weighted by atomic mass is 32.2. The summed E-state index contributed by atoms with van der Waals surface area (Å²) >= 11 is 3.15. The molecule has 0 atom stereocenters. The van der Waals surface area contributed by atoms with Gasteiger partial charge in [0.1, 0.15) is 22.2 Å². The highest BCUT2D eigenvalue weighted by Gasteiger charge is 2.25. The van der Waals surface area contributed by atoms with Crippen LogP contribution in [-0.2, 0) is 11.3 Å². The molecule has 156 valence electrons. The number of carbonyl (C=O) groups excluding carboxylic acids is 1. The average molecular weight is 434 g/mol. The fourth-order valence-electron chi connectivity index (χ4n) is 3.28. The molecule has 1 aliphatic carbocycles. The average Bonchev–Trinajstić information content (AvgIpc) is 2.77. The van der Waals surface area contributed by atoms with E-state index in [1.54, 1.807) is 18.9 Å². The predicted octanol–water partition coefficient (Wildman–Crippen LogP) is 5.03. The second-order valence-electron chi connectivity index (χ2n) is 6.81. The topological polar surface area (TPSA) is 73.3 Å². The van der Waals surface area contributed by atoms with E-state index in [4.69, 9.17) is 9.47 Å². The van der Waals surface area contributed by atoms with E-state index >= 15 is 0 Å². The number of thioether (sulfide) groups is 2. The normalized spacial score (nSPS) is 14.4. The summed E-state index contributed by atoms with van der Waals surface area (Å²) in [5.74, 6) is 0.917. The van der Waals surface area contributed by atoms with Gasteiger partial charge in [-0.3, -0.25) is 0 Å². The maximum absolute atomic E-state index is 12.6. The van der Waals surface area contributed by atoms with Crippen molar-refractivity contribution in [3.05, 3.63) is 35.4 Å². The van der Waals surface area contributed by atoms with E-state index in [2.05, 4.69) is 15.3 Å². The fourth-order valence-corrected chi connectivity index (χ4v) is 5.03. The summed E-state index contributed by atoms with van der Waals surface area (Å²) in [6.45, 7) is 0.534. The molecule has 0 aliphatic heterocycles. The van der Waals surface area contributed by atoms with E-state index in [1.807, 2.05) is 30.5 Å². The number of hydrogen-bond acceptors (Lipinski definition) is 8. The smallest absolute Gasteiger partial charge is 0.344 e. The standard InChI is InChI=1S/C21H27N3O3S2/c1-26-15-11-9-14(10-12-15)13-22-18-17(20(25)27-2)19(24-21(23-18)28-3)29-16-7-5-4-6-8-16/h9-12,16H,4-8,13H2,1-3H3,(H,22,23,24). The van der Waals surface area contributed by atoms with Gasteiger partial charge in [-0.05, 0) is 36.8 Å². The van der Waals surface area contributed by atoms with Crippen molar-refractivity contribution >= 4 is 35.3 Å². The first-order chi connectivity index (χ1) is 14.1. The Balaban J connectivity index is 1.88. The van der Waals surface area contributed by atoms with Crippen LogP contribution in [0.5, 0.6) is 5.75 Å². The van der Waals surface area contributed by atoms with Crippen molar-refractivity contribution in [2.45, 2.75) is 54.1 Å². The van der Waals surface area contributed by atoms with Crippen LogP contribution in [0.15, 0.2) is 34.4 Å². The Bertz CT molecular complexity index is 825. The Morgan fingerprint density at radius 3 is 2.48 bits per heavy atom. The molecular formula is C21H27N3O3S2. The summed E-state index contributed by atoms with van der Waals surface area (Å²) in [4.78, 5) is 21.8. The highest BCUT2D eigenvalue weighted by Crippen LogP contribution is 2.37. The first kappa shape index (κ1) is 21.8. The van der Waals surface area contributed by atoms with Gasteiger partial charge in [-0.2, -0.15) is 0 Å². The van der Waals surface area contributed by atoms with Crippen LogP contribution in [0, 0.1) is 0 Å². The Labute approximate surface area is 180 Å². The molecule has 1 aromatic heterocycles. The van der Waals surface area contributed by atoms with Crippen molar-refractivity contribution in [3.63, 3.8) is 0 Å². The van der Waals surface area contributed by atoms with Crippen LogP contribution in [0.1, 0.15) is 48.0 Å². The molecule has 6 nitrogen and oxygen atoms in total. The van der Waals surface area contributed by atoms with Crippen LogP contribution < -0.4 is 10.1 Å². The van der Waals surface area contributed by atoms with Gasteiger partial charge in [-0.25, -0.2) is 14.8 Å². The number of anilines is 1. The van der Waals surface area contributed by atoms with Gasteiger partial charge < -0.3 is 14.8 Å². The number of aromatic nitrogens is 2. The lowest BCUT2D eigenvalue weighted by molar-refractivity contribution is 0.0596. The Morgan fingerprint density at radius 2 is 1.86 bits per heavy atom. The van der Waals surface area contributed by atoms with Crippen molar-refractivity contribution < 1.29 is 14.3 Å². The van der Waals surface area contributed by atoms with Gasteiger partial charge in [0.25, 0.3) is 0 Å². The first-order valence-corrected chi connectivity index (χ1v) is 11.8. The summed E-state index contributed by atoms with van der Waals surface area (Å²) < 4.78 is 10.3. The minimum Gasteiger partial charge on any atom is -0.497 e. The number of rotatable bonds is 8. The van der Waals surface area contributed by atoms with E-state index in [1.165, 1.54) is 38.1 Å². The van der Waals surface area contributed by atoms with Crippen molar-refractivity contribution in [1.29, 1.82) is 0 Å². The van der Waals surface area contributed by atoms with Gasteiger partial charge in [0.2, 0.25) is 0 Å².